The Morgan fingerprint density at radius 2 is 1.90 bits per heavy atom. The molecule has 1 saturated carbocycles. The summed E-state index contributed by atoms with van der Waals surface area (Å²) in [5, 5.41) is 2.88. The van der Waals surface area contributed by atoms with Crippen LogP contribution in [-0.4, -0.2) is 31.6 Å². The van der Waals surface area contributed by atoms with Crippen LogP contribution in [0.3, 0.4) is 0 Å². The first kappa shape index (κ1) is 20.2. The quantitative estimate of drug-likeness (QED) is 0.530. The Kier molecular flexibility index (Phi) is 10.4. The second-order valence-electron chi connectivity index (χ2n) is 5.70. The van der Waals surface area contributed by atoms with E-state index in [4.69, 9.17) is 10.5 Å². The highest BCUT2D eigenvalue weighted by molar-refractivity contribution is 5.85. The topological polar surface area (TPSA) is 81.4 Å². The highest BCUT2D eigenvalue weighted by Crippen LogP contribution is 2.38. The summed E-state index contributed by atoms with van der Waals surface area (Å²) in [6, 6.07) is 0. The number of halogens is 1. The molecule has 0 aromatic heterocycles. The Bertz CT molecular complexity index is 318. The van der Waals surface area contributed by atoms with E-state index in [1.54, 1.807) is 6.92 Å². The van der Waals surface area contributed by atoms with Crippen LogP contribution in [0.4, 0.5) is 0 Å². The van der Waals surface area contributed by atoms with E-state index in [1.807, 2.05) is 0 Å². The molecular weight excluding hydrogens is 292 g/mol. The fourth-order valence-corrected chi connectivity index (χ4v) is 2.85. The first-order chi connectivity index (χ1) is 9.62. The van der Waals surface area contributed by atoms with Crippen LogP contribution in [0.5, 0.6) is 0 Å². The summed E-state index contributed by atoms with van der Waals surface area (Å²) in [5.74, 6) is -0.145. The van der Waals surface area contributed by atoms with Gasteiger partial charge >= 0.3 is 5.97 Å². The molecule has 0 saturated heterocycles. The number of hydrogen-bond acceptors (Lipinski definition) is 4. The van der Waals surface area contributed by atoms with Gasteiger partial charge in [0, 0.05) is 19.4 Å². The van der Waals surface area contributed by atoms with Gasteiger partial charge < -0.3 is 15.8 Å². The molecule has 0 atom stereocenters. The van der Waals surface area contributed by atoms with Gasteiger partial charge in [-0.2, -0.15) is 0 Å². The van der Waals surface area contributed by atoms with E-state index in [-0.39, 0.29) is 29.7 Å². The molecule has 6 heteroatoms. The Hall–Kier alpha value is -0.810. The van der Waals surface area contributed by atoms with Gasteiger partial charge in [-0.15, -0.1) is 12.4 Å². The first-order valence-corrected chi connectivity index (χ1v) is 7.74. The van der Waals surface area contributed by atoms with Gasteiger partial charge in [0.25, 0.3) is 0 Å². The van der Waals surface area contributed by atoms with Gasteiger partial charge in [0.05, 0.1) is 6.61 Å². The second kappa shape index (κ2) is 10.9. The summed E-state index contributed by atoms with van der Waals surface area (Å²) in [6.07, 6.45) is 7.21. The number of nitrogens with two attached hydrogens (primary N) is 1. The fraction of sp³-hybridized carbons (Fsp3) is 0.867. The van der Waals surface area contributed by atoms with Crippen LogP contribution in [0.15, 0.2) is 0 Å². The zero-order valence-corrected chi connectivity index (χ0v) is 13.8. The van der Waals surface area contributed by atoms with Crippen LogP contribution >= 0.6 is 12.4 Å². The number of hydrogen-bond donors (Lipinski definition) is 2. The third-order valence-electron chi connectivity index (χ3n) is 4.07. The molecule has 0 aliphatic heterocycles. The lowest BCUT2D eigenvalue weighted by Crippen LogP contribution is -2.38. The molecule has 0 spiro atoms. The van der Waals surface area contributed by atoms with Gasteiger partial charge in [-0.25, -0.2) is 0 Å². The third-order valence-corrected chi connectivity index (χ3v) is 4.07. The highest BCUT2D eigenvalue weighted by Gasteiger charge is 2.32. The van der Waals surface area contributed by atoms with Crippen molar-refractivity contribution in [2.75, 3.05) is 19.7 Å². The summed E-state index contributed by atoms with van der Waals surface area (Å²) in [4.78, 5) is 23.1. The van der Waals surface area contributed by atoms with Crippen LogP contribution in [-0.2, 0) is 14.3 Å². The number of esters is 1. The van der Waals surface area contributed by atoms with E-state index in [1.165, 1.54) is 19.3 Å². The van der Waals surface area contributed by atoms with Crippen molar-refractivity contribution >= 4 is 24.3 Å². The molecule has 0 aromatic carbocycles. The van der Waals surface area contributed by atoms with E-state index in [0.29, 0.717) is 39.0 Å². The van der Waals surface area contributed by atoms with Crippen molar-refractivity contribution in [1.82, 2.24) is 5.32 Å². The standard InChI is InChI=1S/C15H28N2O3.ClH/c1-2-20-14(19)7-6-10-17-13(18)11-15(12-16)8-4-3-5-9-15;/h2-12,16H2,1H3,(H,17,18);1H. The molecule has 0 bridgehead atoms. The molecule has 0 heterocycles. The van der Waals surface area contributed by atoms with Gasteiger partial charge in [0.2, 0.25) is 5.91 Å². The zero-order valence-electron chi connectivity index (χ0n) is 13.0. The SMILES string of the molecule is CCOC(=O)CCCNC(=O)CC1(CN)CCCCC1.Cl. The molecule has 5 nitrogen and oxygen atoms in total. The van der Waals surface area contributed by atoms with E-state index in [9.17, 15) is 9.59 Å². The number of nitrogens with one attached hydrogen (secondary N) is 1. The summed E-state index contributed by atoms with van der Waals surface area (Å²) in [6.45, 7) is 3.31. The summed E-state index contributed by atoms with van der Waals surface area (Å²) >= 11 is 0. The summed E-state index contributed by atoms with van der Waals surface area (Å²) in [7, 11) is 0. The molecule has 21 heavy (non-hydrogen) atoms. The molecule has 1 amide bonds. The average Bonchev–Trinajstić information content (AvgIpc) is 2.45. The van der Waals surface area contributed by atoms with Crippen molar-refractivity contribution < 1.29 is 14.3 Å². The van der Waals surface area contributed by atoms with Crippen LogP contribution < -0.4 is 11.1 Å². The Labute approximate surface area is 133 Å². The molecule has 0 radical (unpaired) electrons. The first-order valence-electron chi connectivity index (χ1n) is 7.74. The number of amides is 1. The second-order valence-corrected chi connectivity index (χ2v) is 5.70. The third kappa shape index (κ3) is 7.67. The predicted octanol–water partition coefficient (Wildman–Crippen LogP) is 2.17. The predicted molar refractivity (Wildman–Crippen MR) is 85.3 cm³/mol. The van der Waals surface area contributed by atoms with Crippen molar-refractivity contribution in [1.29, 1.82) is 0 Å². The molecule has 0 unspecified atom stereocenters. The van der Waals surface area contributed by atoms with Crippen LogP contribution in [0, 0.1) is 5.41 Å². The average molecular weight is 321 g/mol. The van der Waals surface area contributed by atoms with Crippen LogP contribution in [0.25, 0.3) is 0 Å². The maximum absolute atomic E-state index is 12.0. The lowest BCUT2D eigenvalue weighted by Gasteiger charge is -2.35. The maximum atomic E-state index is 12.0. The number of rotatable bonds is 8. The molecular formula is C15H29ClN2O3. The smallest absolute Gasteiger partial charge is 0.305 e. The number of ether oxygens (including phenoxy) is 1. The van der Waals surface area contributed by atoms with Crippen molar-refractivity contribution in [3.05, 3.63) is 0 Å². The molecule has 1 rings (SSSR count). The van der Waals surface area contributed by atoms with Gasteiger partial charge in [-0.1, -0.05) is 19.3 Å². The minimum absolute atomic E-state index is 0. The van der Waals surface area contributed by atoms with Gasteiger partial charge in [0.15, 0.2) is 0 Å². The van der Waals surface area contributed by atoms with E-state index < -0.39 is 0 Å². The van der Waals surface area contributed by atoms with Gasteiger partial charge in [0.1, 0.15) is 0 Å². The van der Waals surface area contributed by atoms with Gasteiger partial charge in [-0.3, -0.25) is 9.59 Å². The largest absolute Gasteiger partial charge is 0.466 e. The summed E-state index contributed by atoms with van der Waals surface area (Å²) in [5.41, 5.74) is 5.88. The van der Waals surface area contributed by atoms with Crippen molar-refractivity contribution in [3.63, 3.8) is 0 Å². The van der Waals surface area contributed by atoms with Gasteiger partial charge in [-0.05, 0) is 38.1 Å². The lowest BCUT2D eigenvalue weighted by molar-refractivity contribution is -0.143. The van der Waals surface area contributed by atoms with E-state index >= 15 is 0 Å². The summed E-state index contributed by atoms with van der Waals surface area (Å²) < 4.78 is 4.84. The van der Waals surface area contributed by atoms with Crippen LogP contribution in [0.2, 0.25) is 0 Å². The minimum Gasteiger partial charge on any atom is -0.466 e. The molecule has 0 aromatic rings. The lowest BCUT2D eigenvalue weighted by atomic mass is 9.71. The Balaban J connectivity index is 0.00000400. The highest BCUT2D eigenvalue weighted by atomic mass is 35.5. The maximum Gasteiger partial charge on any atom is 0.305 e. The monoisotopic (exact) mass is 320 g/mol. The Morgan fingerprint density at radius 3 is 2.48 bits per heavy atom. The normalized spacial score (nSPS) is 16.7. The fourth-order valence-electron chi connectivity index (χ4n) is 2.85. The Morgan fingerprint density at radius 1 is 1.24 bits per heavy atom. The molecule has 1 fully saturated rings. The van der Waals surface area contributed by atoms with Crippen LogP contribution in [0.1, 0.15) is 58.3 Å². The molecule has 124 valence electrons. The number of carbonyl (C=O) groups is 2. The van der Waals surface area contributed by atoms with E-state index in [2.05, 4.69) is 5.32 Å². The molecule has 1 aliphatic rings. The van der Waals surface area contributed by atoms with Crippen molar-refractivity contribution in [2.24, 2.45) is 11.1 Å². The molecule has 1 aliphatic carbocycles. The van der Waals surface area contributed by atoms with Crippen molar-refractivity contribution in [2.45, 2.75) is 58.3 Å². The van der Waals surface area contributed by atoms with Crippen molar-refractivity contribution in [3.8, 4) is 0 Å². The number of carbonyl (C=O) groups excluding carboxylic acids is 2. The minimum atomic E-state index is -0.201. The van der Waals surface area contributed by atoms with E-state index in [0.717, 1.165) is 12.8 Å². The molecule has 3 N–H and O–H groups in total. The zero-order chi connectivity index (χ0) is 14.8.